The molecule has 0 bridgehead atoms. The van der Waals surface area contributed by atoms with Gasteiger partial charge in [0.2, 0.25) is 0 Å². The summed E-state index contributed by atoms with van der Waals surface area (Å²) in [5, 5.41) is 0. The van der Waals surface area contributed by atoms with Gasteiger partial charge in [0.15, 0.2) is 0 Å². The minimum Gasteiger partial charge on any atom is -0.330 e. The summed E-state index contributed by atoms with van der Waals surface area (Å²) in [5.74, 6) is 0. The van der Waals surface area contributed by atoms with Crippen molar-refractivity contribution in [2.24, 2.45) is 5.73 Å². The Bertz CT molecular complexity index is 300. The SMILES string of the molecule is NCCC1(c2ccncc2)CCCCCC1. The van der Waals surface area contributed by atoms with Crippen LogP contribution >= 0.6 is 0 Å². The van der Waals surface area contributed by atoms with E-state index in [0.29, 0.717) is 5.41 Å². The third-order valence-electron chi connectivity index (χ3n) is 3.98. The van der Waals surface area contributed by atoms with Crippen LogP contribution in [0.1, 0.15) is 50.5 Å². The largest absolute Gasteiger partial charge is 0.330 e. The molecule has 0 radical (unpaired) electrons. The van der Waals surface area contributed by atoms with E-state index in [4.69, 9.17) is 5.73 Å². The number of pyridine rings is 1. The van der Waals surface area contributed by atoms with Gasteiger partial charge >= 0.3 is 0 Å². The Morgan fingerprint density at radius 1 is 1.06 bits per heavy atom. The molecule has 1 fully saturated rings. The van der Waals surface area contributed by atoms with E-state index in [1.807, 2.05) is 12.4 Å². The molecule has 1 aliphatic rings. The predicted molar refractivity (Wildman–Crippen MR) is 67.3 cm³/mol. The molecule has 1 aliphatic carbocycles. The summed E-state index contributed by atoms with van der Waals surface area (Å²) in [6.45, 7) is 0.794. The van der Waals surface area contributed by atoms with Crippen LogP contribution in [-0.4, -0.2) is 11.5 Å². The maximum Gasteiger partial charge on any atom is 0.0270 e. The Kier molecular flexibility index (Phi) is 3.94. The monoisotopic (exact) mass is 218 g/mol. The highest BCUT2D eigenvalue weighted by molar-refractivity contribution is 5.23. The lowest BCUT2D eigenvalue weighted by molar-refractivity contribution is 0.348. The van der Waals surface area contributed by atoms with E-state index in [1.165, 1.54) is 44.1 Å². The fourth-order valence-electron chi connectivity index (χ4n) is 3.07. The van der Waals surface area contributed by atoms with Crippen LogP contribution in [0.3, 0.4) is 0 Å². The van der Waals surface area contributed by atoms with Crippen LogP contribution < -0.4 is 5.73 Å². The zero-order valence-corrected chi connectivity index (χ0v) is 9.99. The van der Waals surface area contributed by atoms with Crippen molar-refractivity contribution in [3.63, 3.8) is 0 Å². The van der Waals surface area contributed by atoms with Gasteiger partial charge in [-0.3, -0.25) is 4.98 Å². The second-order valence-corrected chi connectivity index (χ2v) is 4.97. The Morgan fingerprint density at radius 3 is 2.25 bits per heavy atom. The van der Waals surface area contributed by atoms with Gasteiger partial charge in [-0.2, -0.15) is 0 Å². The Morgan fingerprint density at radius 2 is 1.69 bits per heavy atom. The summed E-state index contributed by atoms with van der Waals surface area (Å²) < 4.78 is 0. The summed E-state index contributed by atoms with van der Waals surface area (Å²) in [6.07, 6.45) is 13.0. The Balaban J connectivity index is 2.26. The summed E-state index contributed by atoms with van der Waals surface area (Å²) >= 11 is 0. The summed E-state index contributed by atoms with van der Waals surface area (Å²) in [6, 6.07) is 4.36. The fraction of sp³-hybridized carbons (Fsp3) is 0.643. The zero-order valence-electron chi connectivity index (χ0n) is 9.99. The smallest absolute Gasteiger partial charge is 0.0270 e. The van der Waals surface area contributed by atoms with Crippen LogP contribution in [-0.2, 0) is 5.41 Å². The molecule has 2 N–H and O–H groups in total. The molecule has 0 aliphatic heterocycles. The maximum atomic E-state index is 5.82. The Hall–Kier alpha value is -0.890. The van der Waals surface area contributed by atoms with E-state index in [9.17, 15) is 0 Å². The first-order valence-electron chi connectivity index (χ1n) is 6.48. The van der Waals surface area contributed by atoms with E-state index >= 15 is 0 Å². The molecule has 1 saturated carbocycles. The van der Waals surface area contributed by atoms with Crippen molar-refractivity contribution in [2.75, 3.05) is 6.54 Å². The number of nitrogens with zero attached hydrogens (tertiary/aromatic N) is 1. The molecule has 0 saturated heterocycles. The van der Waals surface area contributed by atoms with Crippen LogP contribution in [0.15, 0.2) is 24.5 Å². The molecule has 0 aromatic carbocycles. The second-order valence-electron chi connectivity index (χ2n) is 4.97. The number of hydrogen-bond donors (Lipinski definition) is 1. The Labute approximate surface area is 98.3 Å². The van der Waals surface area contributed by atoms with Crippen molar-refractivity contribution in [1.29, 1.82) is 0 Å². The molecule has 88 valence electrons. The van der Waals surface area contributed by atoms with E-state index < -0.39 is 0 Å². The van der Waals surface area contributed by atoms with Crippen molar-refractivity contribution < 1.29 is 0 Å². The maximum absolute atomic E-state index is 5.82. The summed E-state index contributed by atoms with van der Waals surface area (Å²) in [4.78, 5) is 4.12. The first-order valence-corrected chi connectivity index (χ1v) is 6.48. The lowest BCUT2D eigenvalue weighted by Crippen LogP contribution is -2.28. The van der Waals surface area contributed by atoms with Crippen molar-refractivity contribution in [3.05, 3.63) is 30.1 Å². The van der Waals surface area contributed by atoms with Crippen molar-refractivity contribution in [1.82, 2.24) is 4.98 Å². The molecule has 2 nitrogen and oxygen atoms in total. The second kappa shape index (κ2) is 5.44. The van der Waals surface area contributed by atoms with E-state index in [-0.39, 0.29) is 0 Å². The summed E-state index contributed by atoms with van der Waals surface area (Å²) in [5.41, 5.74) is 7.61. The van der Waals surface area contributed by atoms with Crippen LogP contribution in [0.25, 0.3) is 0 Å². The van der Waals surface area contributed by atoms with Gasteiger partial charge in [0.25, 0.3) is 0 Å². The average molecular weight is 218 g/mol. The van der Waals surface area contributed by atoms with Gasteiger partial charge < -0.3 is 5.73 Å². The third-order valence-corrected chi connectivity index (χ3v) is 3.98. The molecule has 1 heterocycles. The number of hydrogen-bond acceptors (Lipinski definition) is 2. The highest BCUT2D eigenvalue weighted by Crippen LogP contribution is 2.40. The summed E-state index contributed by atoms with van der Waals surface area (Å²) in [7, 11) is 0. The van der Waals surface area contributed by atoms with E-state index in [0.717, 1.165) is 13.0 Å². The first kappa shape index (κ1) is 11.6. The molecular weight excluding hydrogens is 196 g/mol. The van der Waals surface area contributed by atoms with Gasteiger partial charge in [0, 0.05) is 12.4 Å². The van der Waals surface area contributed by atoms with Crippen LogP contribution in [0, 0.1) is 0 Å². The molecule has 2 rings (SSSR count). The lowest BCUT2D eigenvalue weighted by atomic mass is 9.72. The van der Waals surface area contributed by atoms with Crippen LogP contribution in [0.2, 0.25) is 0 Å². The zero-order chi connectivity index (χ0) is 11.3. The number of aromatic nitrogens is 1. The van der Waals surface area contributed by atoms with Crippen LogP contribution in [0.4, 0.5) is 0 Å². The van der Waals surface area contributed by atoms with Gasteiger partial charge in [0.1, 0.15) is 0 Å². The topological polar surface area (TPSA) is 38.9 Å². The molecule has 1 aromatic heterocycles. The van der Waals surface area contributed by atoms with Crippen molar-refractivity contribution in [3.8, 4) is 0 Å². The number of rotatable bonds is 3. The predicted octanol–water partition coefficient (Wildman–Crippen LogP) is 3.02. The highest BCUT2D eigenvalue weighted by atomic mass is 14.6. The lowest BCUT2D eigenvalue weighted by Gasteiger charge is -2.33. The van der Waals surface area contributed by atoms with Gasteiger partial charge in [-0.25, -0.2) is 0 Å². The van der Waals surface area contributed by atoms with E-state index in [2.05, 4.69) is 17.1 Å². The van der Waals surface area contributed by atoms with Crippen LogP contribution in [0.5, 0.6) is 0 Å². The van der Waals surface area contributed by atoms with E-state index in [1.54, 1.807) is 0 Å². The molecule has 0 amide bonds. The van der Waals surface area contributed by atoms with Gasteiger partial charge in [-0.15, -0.1) is 0 Å². The van der Waals surface area contributed by atoms with Gasteiger partial charge in [-0.1, -0.05) is 25.7 Å². The van der Waals surface area contributed by atoms with Gasteiger partial charge in [-0.05, 0) is 48.9 Å². The minimum atomic E-state index is 0.341. The number of nitrogens with two attached hydrogens (primary N) is 1. The standard InChI is InChI=1S/C14H22N2/c15-10-9-14(7-3-1-2-4-8-14)13-5-11-16-12-6-13/h5-6,11-12H,1-4,7-10,15H2. The normalized spacial score (nSPS) is 20.3. The highest BCUT2D eigenvalue weighted by Gasteiger charge is 2.31. The molecule has 0 spiro atoms. The average Bonchev–Trinajstić information content (AvgIpc) is 2.57. The first-order chi connectivity index (χ1) is 7.87. The molecule has 2 heteroatoms. The third kappa shape index (κ3) is 2.43. The molecular formula is C14H22N2. The van der Waals surface area contributed by atoms with Crippen molar-refractivity contribution >= 4 is 0 Å². The minimum absolute atomic E-state index is 0.341. The molecule has 0 unspecified atom stereocenters. The molecule has 16 heavy (non-hydrogen) atoms. The molecule has 0 atom stereocenters. The quantitative estimate of drug-likeness (QED) is 0.792. The fourth-order valence-corrected chi connectivity index (χ4v) is 3.07. The van der Waals surface area contributed by atoms with Crippen molar-refractivity contribution in [2.45, 2.75) is 50.4 Å². The molecule has 1 aromatic rings. The van der Waals surface area contributed by atoms with Gasteiger partial charge in [0.05, 0.1) is 0 Å².